The molecule has 0 amide bonds. The highest BCUT2D eigenvalue weighted by Gasteiger charge is 2.21. The summed E-state index contributed by atoms with van der Waals surface area (Å²) in [6.45, 7) is 4.98. The molecule has 1 N–H and O–H groups in total. The summed E-state index contributed by atoms with van der Waals surface area (Å²) in [5.74, 6) is 2.89. The average Bonchev–Trinajstić information content (AvgIpc) is 2.86. The summed E-state index contributed by atoms with van der Waals surface area (Å²) in [5, 5.41) is 3.53. The van der Waals surface area contributed by atoms with Gasteiger partial charge in [-0.15, -0.1) is 12.4 Å². The van der Waals surface area contributed by atoms with Crippen LogP contribution in [0.4, 0.5) is 5.69 Å². The predicted octanol–water partition coefficient (Wildman–Crippen LogP) is 3.62. The Hall–Kier alpha value is -2.84. The van der Waals surface area contributed by atoms with E-state index in [-0.39, 0.29) is 12.4 Å². The fourth-order valence-electron chi connectivity index (χ4n) is 4.43. The van der Waals surface area contributed by atoms with Gasteiger partial charge in [0.05, 0.1) is 30.2 Å². The fourth-order valence-corrected chi connectivity index (χ4v) is 4.43. The first-order chi connectivity index (χ1) is 15.8. The Morgan fingerprint density at radius 1 is 1.09 bits per heavy atom. The van der Waals surface area contributed by atoms with Crippen LogP contribution in [0.5, 0.6) is 17.4 Å². The van der Waals surface area contributed by atoms with Gasteiger partial charge >= 0.3 is 0 Å². The molecule has 5 rings (SSSR count). The van der Waals surface area contributed by atoms with E-state index in [1.807, 2.05) is 24.4 Å². The molecule has 1 saturated heterocycles. The largest absolute Gasteiger partial charge is 0.486 e. The van der Waals surface area contributed by atoms with Gasteiger partial charge in [0.25, 0.3) is 0 Å². The van der Waals surface area contributed by atoms with E-state index >= 15 is 0 Å². The first kappa shape index (κ1) is 23.3. The van der Waals surface area contributed by atoms with E-state index in [0.29, 0.717) is 19.1 Å². The van der Waals surface area contributed by atoms with Gasteiger partial charge in [-0.25, -0.2) is 4.98 Å². The first-order valence-electron chi connectivity index (χ1n) is 11.3. The molecule has 1 fully saturated rings. The van der Waals surface area contributed by atoms with Crippen molar-refractivity contribution in [1.29, 1.82) is 0 Å². The standard InChI is InChI=1S/C24H29N5O3.ClH/c1-30-23-3-2-19-24(28-23)20(5-9-26-19)29-10-6-17(7-11-29)4-8-25-15-18-14-21-22(16-27-18)32-13-12-31-21;/h2-3,5,9,14,16-17,25H,4,6-8,10-13,15H2,1H3;1H. The van der Waals surface area contributed by atoms with Gasteiger partial charge in [0.15, 0.2) is 11.5 Å². The Morgan fingerprint density at radius 3 is 2.73 bits per heavy atom. The summed E-state index contributed by atoms with van der Waals surface area (Å²) in [5.41, 5.74) is 3.95. The number of ether oxygens (including phenoxy) is 3. The monoisotopic (exact) mass is 471 g/mol. The van der Waals surface area contributed by atoms with E-state index < -0.39 is 0 Å². The van der Waals surface area contributed by atoms with Crippen molar-refractivity contribution >= 4 is 29.1 Å². The Balaban J connectivity index is 0.00000259. The highest BCUT2D eigenvalue weighted by atomic mass is 35.5. The highest BCUT2D eigenvalue weighted by molar-refractivity contribution is 5.88. The Morgan fingerprint density at radius 2 is 1.91 bits per heavy atom. The molecular weight excluding hydrogens is 442 g/mol. The molecule has 5 heterocycles. The van der Waals surface area contributed by atoms with Crippen molar-refractivity contribution in [2.45, 2.75) is 25.8 Å². The maximum absolute atomic E-state index is 5.64. The number of rotatable bonds is 7. The topological polar surface area (TPSA) is 81.6 Å². The minimum absolute atomic E-state index is 0. The van der Waals surface area contributed by atoms with Crippen LogP contribution < -0.4 is 24.4 Å². The maximum atomic E-state index is 5.64. The summed E-state index contributed by atoms with van der Waals surface area (Å²) in [6.07, 6.45) is 7.15. The Bertz CT molecular complexity index is 1080. The van der Waals surface area contributed by atoms with Gasteiger partial charge in [0.1, 0.15) is 18.7 Å². The number of nitrogens with one attached hydrogen (secondary N) is 1. The summed E-state index contributed by atoms with van der Waals surface area (Å²) in [4.78, 5) is 16.0. The molecule has 0 aliphatic carbocycles. The van der Waals surface area contributed by atoms with Crippen molar-refractivity contribution in [3.8, 4) is 17.4 Å². The number of methoxy groups -OCH3 is 1. The number of hydrogen-bond acceptors (Lipinski definition) is 8. The zero-order valence-corrected chi connectivity index (χ0v) is 19.6. The van der Waals surface area contributed by atoms with Crippen LogP contribution in [0, 0.1) is 5.92 Å². The number of pyridine rings is 3. The van der Waals surface area contributed by atoms with Gasteiger partial charge in [-0.1, -0.05) is 0 Å². The summed E-state index contributed by atoms with van der Waals surface area (Å²) in [6, 6.07) is 7.87. The molecule has 0 unspecified atom stereocenters. The normalized spacial score (nSPS) is 15.8. The number of anilines is 1. The van der Waals surface area contributed by atoms with Crippen LogP contribution in [0.2, 0.25) is 0 Å². The SMILES string of the molecule is COc1ccc2nccc(N3CCC(CCNCc4cc5c(cn4)OCCO5)CC3)c2n1.Cl. The third kappa shape index (κ3) is 5.39. The predicted molar refractivity (Wildman–Crippen MR) is 130 cm³/mol. The Kier molecular flexibility index (Phi) is 7.67. The van der Waals surface area contributed by atoms with Gasteiger partial charge in [0.2, 0.25) is 5.88 Å². The van der Waals surface area contributed by atoms with Crippen molar-refractivity contribution in [2.75, 3.05) is 44.9 Å². The molecule has 3 aromatic heterocycles. The zero-order chi connectivity index (χ0) is 21.8. The lowest BCUT2D eigenvalue weighted by Crippen LogP contribution is -2.34. The number of aromatic nitrogens is 3. The average molecular weight is 472 g/mol. The molecule has 9 heteroatoms. The second-order valence-electron chi connectivity index (χ2n) is 8.27. The zero-order valence-electron chi connectivity index (χ0n) is 18.8. The molecule has 3 aromatic rings. The lowest BCUT2D eigenvalue weighted by atomic mass is 9.93. The number of hydrogen-bond donors (Lipinski definition) is 1. The molecule has 0 radical (unpaired) electrons. The van der Waals surface area contributed by atoms with Gasteiger partial charge in [0, 0.05) is 38.0 Å². The van der Waals surface area contributed by atoms with E-state index in [4.69, 9.17) is 14.2 Å². The molecule has 0 atom stereocenters. The summed E-state index contributed by atoms with van der Waals surface area (Å²) in [7, 11) is 1.65. The van der Waals surface area contributed by atoms with Crippen LogP contribution in [-0.2, 0) is 6.54 Å². The molecule has 0 bridgehead atoms. The maximum Gasteiger partial charge on any atom is 0.213 e. The second-order valence-corrected chi connectivity index (χ2v) is 8.27. The van der Waals surface area contributed by atoms with Crippen molar-refractivity contribution in [1.82, 2.24) is 20.3 Å². The van der Waals surface area contributed by atoms with Crippen molar-refractivity contribution in [3.05, 3.63) is 42.4 Å². The van der Waals surface area contributed by atoms with Gasteiger partial charge in [-0.2, -0.15) is 0 Å². The van der Waals surface area contributed by atoms with Crippen LogP contribution >= 0.6 is 12.4 Å². The summed E-state index contributed by atoms with van der Waals surface area (Å²) >= 11 is 0. The lowest BCUT2D eigenvalue weighted by molar-refractivity contribution is 0.170. The van der Waals surface area contributed by atoms with Crippen molar-refractivity contribution in [3.63, 3.8) is 0 Å². The lowest BCUT2D eigenvalue weighted by Gasteiger charge is -2.34. The van der Waals surface area contributed by atoms with Gasteiger partial charge < -0.3 is 24.4 Å². The quantitative estimate of drug-likeness (QED) is 0.523. The third-order valence-electron chi connectivity index (χ3n) is 6.22. The second kappa shape index (κ2) is 10.9. The molecule has 0 spiro atoms. The van der Waals surface area contributed by atoms with E-state index in [1.165, 1.54) is 19.3 Å². The van der Waals surface area contributed by atoms with Crippen molar-refractivity contribution in [2.24, 2.45) is 5.92 Å². The molecule has 2 aliphatic rings. The molecule has 33 heavy (non-hydrogen) atoms. The van der Waals surface area contributed by atoms with Gasteiger partial charge in [-0.3, -0.25) is 9.97 Å². The molecule has 0 saturated carbocycles. The van der Waals surface area contributed by atoms with E-state index in [2.05, 4.69) is 31.2 Å². The molecule has 176 valence electrons. The van der Waals surface area contributed by atoms with Gasteiger partial charge in [-0.05, 0) is 43.9 Å². The van der Waals surface area contributed by atoms with Crippen LogP contribution in [0.3, 0.4) is 0 Å². The van der Waals surface area contributed by atoms with E-state index in [0.717, 1.165) is 66.0 Å². The van der Waals surface area contributed by atoms with Crippen molar-refractivity contribution < 1.29 is 14.2 Å². The van der Waals surface area contributed by atoms with Crippen LogP contribution in [0.1, 0.15) is 25.0 Å². The number of nitrogens with zero attached hydrogens (tertiary/aromatic N) is 4. The molecule has 8 nitrogen and oxygen atoms in total. The minimum Gasteiger partial charge on any atom is -0.486 e. The smallest absolute Gasteiger partial charge is 0.213 e. The molecule has 0 aromatic carbocycles. The third-order valence-corrected chi connectivity index (χ3v) is 6.22. The fraction of sp³-hybridized carbons (Fsp3) is 0.458. The highest BCUT2D eigenvalue weighted by Crippen LogP contribution is 2.31. The minimum atomic E-state index is 0. The Labute approximate surface area is 200 Å². The molecular formula is C24H30ClN5O3. The number of piperidine rings is 1. The van der Waals surface area contributed by atoms with E-state index in [1.54, 1.807) is 13.3 Å². The number of halogens is 1. The van der Waals surface area contributed by atoms with Crippen LogP contribution in [0.15, 0.2) is 36.7 Å². The van der Waals surface area contributed by atoms with Crippen LogP contribution in [0.25, 0.3) is 11.0 Å². The number of fused-ring (bicyclic) bond motifs is 2. The van der Waals surface area contributed by atoms with E-state index in [9.17, 15) is 0 Å². The molecule has 2 aliphatic heterocycles. The van der Waals surface area contributed by atoms with Crippen LogP contribution in [-0.4, -0.2) is 54.9 Å². The summed E-state index contributed by atoms with van der Waals surface area (Å²) < 4.78 is 16.5. The first-order valence-corrected chi connectivity index (χ1v) is 11.3.